The number of H-pyrrole nitrogens is 1. The molecule has 1 heterocycles. The summed E-state index contributed by atoms with van der Waals surface area (Å²) in [5, 5.41) is 14.5. The maximum atomic E-state index is 12.0. The third kappa shape index (κ3) is 4.57. The zero-order valence-electron chi connectivity index (χ0n) is 21.5. The maximum Gasteiger partial charge on any atom is 0.397 e. The van der Waals surface area contributed by atoms with Crippen molar-refractivity contribution in [2.75, 3.05) is 7.11 Å². The van der Waals surface area contributed by atoms with E-state index >= 15 is 0 Å². The standard InChI is InChI=1S/C25H42N4O5S/c1-15(5-8-22-26-28-29-27-22)18-6-7-19-23-20(10-12-25(18,19)3)24(2)11-9-17(33-4)13-16(24)14-21(23)34-35(30,31)32/h15-21,23H,5-14H2,1-4H3,(H,30,31,32)(H,26,27,28,29)/t15-,16+,17-,18-,19+,20+,21+,23+,24+,25-/m1/s1. The lowest BCUT2D eigenvalue weighted by atomic mass is 9.43. The van der Waals surface area contributed by atoms with Gasteiger partial charge in [0.1, 0.15) is 0 Å². The summed E-state index contributed by atoms with van der Waals surface area (Å²) < 4.78 is 44.9. The third-order valence-electron chi connectivity index (χ3n) is 11.2. The largest absolute Gasteiger partial charge is 0.397 e. The number of hydrogen-bond acceptors (Lipinski definition) is 7. The van der Waals surface area contributed by atoms with Gasteiger partial charge in [0.05, 0.1) is 12.2 Å². The number of rotatable bonds is 7. The van der Waals surface area contributed by atoms with Crippen LogP contribution in [0.5, 0.6) is 0 Å². The molecule has 10 atom stereocenters. The molecule has 10 heteroatoms. The molecule has 198 valence electrons. The Labute approximate surface area is 209 Å². The molecule has 1 aromatic rings. The van der Waals surface area contributed by atoms with E-state index in [0.29, 0.717) is 36.0 Å². The molecule has 9 nitrogen and oxygen atoms in total. The number of nitrogens with one attached hydrogen (secondary N) is 1. The molecule has 1 aromatic heterocycles. The van der Waals surface area contributed by atoms with Gasteiger partial charge in [0.2, 0.25) is 0 Å². The Morgan fingerprint density at radius 3 is 2.54 bits per heavy atom. The lowest BCUT2D eigenvalue weighted by Crippen LogP contribution is -2.59. The Bertz CT molecular complexity index is 990. The van der Waals surface area contributed by atoms with Gasteiger partial charge in [-0.3, -0.25) is 4.55 Å². The number of nitrogens with zero attached hydrogens (tertiary/aromatic N) is 3. The molecule has 2 N–H and O–H groups in total. The quantitative estimate of drug-likeness (QED) is 0.522. The molecule has 35 heavy (non-hydrogen) atoms. The van der Waals surface area contributed by atoms with Crippen LogP contribution in [0.15, 0.2) is 0 Å². The zero-order valence-corrected chi connectivity index (χ0v) is 22.3. The molecule has 5 rings (SSSR count). The van der Waals surface area contributed by atoms with E-state index in [9.17, 15) is 13.0 Å². The Balaban J connectivity index is 1.40. The van der Waals surface area contributed by atoms with Crippen LogP contribution in [0, 0.1) is 46.3 Å². The summed E-state index contributed by atoms with van der Waals surface area (Å²) in [7, 11) is -2.74. The summed E-state index contributed by atoms with van der Waals surface area (Å²) in [4.78, 5) is 0. The van der Waals surface area contributed by atoms with E-state index in [1.807, 2.05) is 0 Å². The van der Waals surface area contributed by atoms with Crippen LogP contribution < -0.4 is 0 Å². The first kappa shape index (κ1) is 25.5. The second kappa shape index (κ2) is 9.33. The number of aryl methyl sites for hydroxylation is 1. The van der Waals surface area contributed by atoms with Crippen LogP contribution in [0.3, 0.4) is 0 Å². The fourth-order valence-corrected chi connectivity index (χ4v) is 9.97. The second-order valence-corrected chi connectivity index (χ2v) is 13.5. The van der Waals surface area contributed by atoms with Gasteiger partial charge < -0.3 is 4.74 Å². The SMILES string of the molecule is CO[C@@H]1CC[C@@]2(C)[C@@H](C1)C[C@H](OS(=O)(=O)O)[C@@H]1[C@@H]2CC[C@]2(C)[C@@H]([C@H](C)CCc3nn[nH]n3)CC[C@@H]12. The normalized spacial score (nSPS) is 44.3. The summed E-state index contributed by atoms with van der Waals surface area (Å²) in [6.07, 6.45) is 9.93. The molecule has 0 bridgehead atoms. The first-order chi connectivity index (χ1) is 16.5. The van der Waals surface area contributed by atoms with Gasteiger partial charge in [0, 0.05) is 13.5 Å². The highest BCUT2D eigenvalue weighted by Gasteiger charge is 2.63. The Hall–Kier alpha value is -1.10. The summed E-state index contributed by atoms with van der Waals surface area (Å²) in [6.45, 7) is 7.23. The van der Waals surface area contributed by atoms with Crippen molar-refractivity contribution < 1.29 is 21.9 Å². The average Bonchev–Trinajstić information content (AvgIpc) is 3.44. The van der Waals surface area contributed by atoms with Crippen LogP contribution in [0.4, 0.5) is 0 Å². The van der Waals surface area contributed by atoms with Crippen molar-refractivity contribution >= 4 is 10.4 Å². The molecular formula is C25H42N4O5S. The first-order valence-corrected chi connectivity index (χ1v) is 14.8. The molecule has 0 aliphatic heterocycles. The molecule has 0 radical (unpaired) electrons. The lowest BCUT2D eigenvalue weighted by Gasteiger charge is -2.62. The van der Waals surface area contributed by atoms with Gasteiger partial charge in [-0.25, -0.2) is 4.18 Å². The van der Waals surface area contributed by atoms with E-state index in [1.54, 1.807) is 7.11 Å². The number of tetrazole rings is 1. The minimum absolute atomic E-state index is 0.144. The van der Waals surface area contributed by atoms with Crippen molar-refractivity contribution in [1.82, 2.24) is 20.6 Å². The zero-order chi connectivity index (χ0) is 25.0. The fraction of sp³-hybridized carbons (Fsp3) is 0.960. The van der Waals surface area contributed by atoms with Gasteiger partial charge in [0.25, 0.3) is 0 Å². The highest BCUT2D eigenvalue weighted by atomic mass is 32.3. The van der Waals surface area contributed by atoms with Gasteiger partial charge >= 0.3 is 10.4 Å². The van der Waals surface area contributed by atoms with Crippen molar-refractivity contribution in [3.63, 3.8) is 0 Å². The monoisotopic (exact) mass is 510 g/mol. The molecule has 0 aromatic carbocycles. The third-order valence-corrected chi connectivity index (χ3v) is 11.7. The maximum absolute atomic E-state index is 12.0. The van der Waals surface area contributed by atoms with E-state index in [0.717, 1.165) is 57.2 Å². The van der Waals surface area contributed by atoms with Crippen molar-refractivity contribution in [3.8, 4) is 0 Å². The predicted octanol–water partition coefficient (Wildman–Crippen LogP) is 4.24. The van der Waals surface area contributed by atoms with Crippen molar-refractivity contribution in [3.05, 3.63) is 5.82 Å². The number of ether oxygens (including phenoxy) is 1. The van der Waals surface area contributed by atoms with Crippen molar-refractivity contribution in [2.24, 2.45) is 46.3 Å². The molecule has 0 unspecified atom stereocenters. The molecular weight excluding hydrogens is 468 g/mol. The summed E-state index contributed by atoms with van der Waals surface area (Å²) >= 11 is 0. The van der Waals surface area contributed by atoms with Crippen LogP contribution in [0.1, 0.15) is 84.4 Å². The van der Waals surface area contributed by atoms with Gasteiger partial charge in [-0.1, -0.05) is 26.0 Å². The Kier molecular flexibility index (Phi) is 6.81. The molecule has 4 aliphatic carbocycles. The van der Waals surface area contributed by atoms with E-state index in [2.05, 4.69) is 41.4 Å². The number of aromatic nitrogens is 4. The highest BCUT2D eigenvalue weighted by Crippen LogP contribution is 2.68. The lowest BCUT2D eigenvalue weighted by molar-refractivity contribution is -0.170. The smallest absolute Gasteiger partial charge is 0.381 e. The average molecular weight is 511 g/mol. The van der Waals surface area contributed by atoms with E-state index in [1.165, 1.54) is 6.42 Å². The molecule has 0 spiro atoms. The molecule has 0 saturated heterocycles. The van der Waals surface area contributed by atoms with E-state index < -0.39 is 16.5 Å². The Morgan fingerprint density at radius 1 is 1.11 bits per heavy atom. The van der Waals surface area contributed by atoms with Crippen LogP contribution in [0.2, 0.25) is 0 Å². The van der Waals surface area contributed by atoms with E-state index in [4.69, 9.17) is 8.92 Å². The number of aromatic amines is 1. The molecule has 4 saturated carbocycles. The molecule has 4 fully saturated rings. The second-order valence-electron chi connectivity index (χ2n) is 12.5. The van der Waals surface area contributed by atoms with Crippen LogP contribution in [-0.2, 0) is 25.7 Å². The summed E-state index contributed by atoms with van der Waals surface area (Å²) in [5.41, 5.74) is 0.314. The van der Waals surface area contributed by atoms with E-state index in [-0.39, 0.29) is 22.9 Å². The predicted molar refractivity (Wildman–Crippen MR) is 129 cm³/mol. The van der Waals surface area contributed by atoms with Crippen LogP contribution >= 0.6 is 0 Å². The highest BCUT2D eigenvalue weighted by molar-refractivity contribution is 7.80. The van der Waals surface area contributed by atoms with Gasteiger partial charge in [-0.05, 0) is 104 Å². The fourth-order valence-electron chi connectivity index (χ4n) is 9.45. The van der Waals surface area contributed by atoms with Crippen LogP contribution in [0.25, 0.3) is 0 Å². The molecule has 0 amide bonds. The molecule has 4 aliphatic rings. The number of methoxy groups -OCH3 is 1. The van der Waals surface area contributed by atoms with Gasteiger partial charge in [-0.15, -0.1) is 10.2 Å². The minimum atomic E-state index is -4.52. The summed E-state index contributed by atoms with van der Waals surface area (Å²) in [5.74, 6) is 3.18. The number of fused-ring (bicyclic) bond motifs is 5. The van der Waals surface area contributed by atoms with Crippen molar-refractivity contribution in [2.45, 2.75) is 97.2 Å². The first-order valence-electron chi connectivity index (χ1n) is 13.5. The summed E-state index contributed by atoms with van der Waals surface area (Å²) in [6, 6.07) is 0. The van der Waals surface area contributed by atoms with Crippen LogP contribution in [-0.4, -0.2) is 52.9 Å². The van der Waals surface area contributed by atoms with Gasteiger partial charge in [-0.2, -0.15) is 13.6 Å². The number of hydrogen-bond donors (Lipinski definition) is 2. The van der Waals surface area contributed by atoms with Crippen molar-refractivity contribution in [1.29, 1.82) is 0 Å². The minimum Gasteiger partial charge on any atom is -0.381 e. The van der Waals surface area contributed by atoms with Gasteiger partial charge in [0.15, 0.2) is 5.82 Å². The Morgan fingerprint density at radius 2 is 1.86 bits per heavy atom. The topological polar surface area (TPSA) is 127 Å².